The monoisotopic (exact) mass is 248 g/mol. The second kappa shape index (κ2) is 5.16. The number of rotatable bonds is 5. The number of hydrogen-bond donors (Lipinski definition) is 0. The third-order valence-corrected chi connectivity index (χ3v) is 2.89. The van der Waals surface area contributed by atoms with Gasteiger partial charge in [-0.25, -0.2) is 4.79 Å². The van der Waals surface area contributed by atoms with E-state index < -0.39 is 18.4 Å². The summed E-state index contributed by atoms with van der Waals surface area (Å²) in [6, 6.07) is 3.13. The van der Waals surface area contributed by atoms with Crippen LogP contribution in [0.2, 0.25) is 0 Å². The Morgan fingerprint density at radius 2 is 2.11 bits per heavy atom. The number of aromatic nitrogens is 1. The Balaban J connectivity index is 2.15. The zero-order chi connectivity index (χ0) is 13.1. The van der Waals surface area contributed by atoms with Gasteiger partial charge in [0.05, 0.1) is 6.04 Å². The Morgan fingerprint density at radius 3 is 2.61 bits per heavy atom. The zero-order valence-corrected chi connectivity index (χ0v) is 10.4. The quantitative estimate of drug-likeness (QED) is 0.749. The largest absolute Gasteiger partial charge is 0.421 e. The summed E-state index contributed by atoms with van der Waals surface area (Å²) in [6.45, 7) is 4.03. The fraction of sp³-hybridized carbons (Fsp3) is 0.462. The third kappa shape index (κ3) is 2.34. The van der Waals surface area contributed by atoms with Crippen molar-refractivity contribution in [3.63, 3.8) is 0 Å². The Bertz CT molecular complexity index is 433. The zero-order valence-electron chi connectivity index (χ0n) is 10.4. The van der Waals surface area contributed by atoms with Crippen LogP contribution in [0.4, 0.5) is 4.79 Å². The van der Waals surface area contributed by atoms with E-state index in [-0.39, 0.29) is 0 Å². The van der Waals surface area contributed by atoms with Crippen molar-refractivity contribution in [2.45, 2.75) is 32.5 Å². The molecule has 0 radical (unpaired) electrons. The minimum Gasteiger partial charge on any atom is -0.421 e. The summed E-state index contributed by atoms with van der Waals surface area (Å²) in [5.41, 5.74) is 0.834. The van der Waals surface area contributed by atoms with Crippen molar-refractivity contribution in [2.24, 2.45) is 5.92 Å². The van der Waals surface area contributed by atoms with Crippen LogP contribution in [0.15, 0.2) is 24.5 Å². The van der Waals surface area contributed by atoms with Crippen LogP contribution >= 0.6 is 0 Å². The summed E-state index contributed by atoms with van der Waals surface area (Å²) in [5, 5.41) is 0. The maximum atomic E-state index is 11.5. The van der Waals surface area contributed by atoms with E-state index in [0.29, 0.717) is 12.3 Å². The first-order chi connectivity index (χ1) is 8.63. The predicted octanol–water partition coefficient (Wildman–Crippen LogP) is 2.15. The van der Waals surface area contributed by atoms with Gasteiger partial charge in [0.25, 0.3) is 0 Å². The molecule has 1 aromatic heterocycles. The van der Waals surface area contributed by atoms with E-state index in [1.807, 2.05) is 13.8 Å². The summed E-state index contributed by atoms with van der Waals surface area (Å²) in [5.74, 6) is 0.340. The number of aldehydes is 1. The molecule has 1 saturated heterocycles. The van der Waals surface area contributed by atoms with Crippen LogP contribution in [-0.4, -0.2) is 28.3 Å². The standard InChI is InChI=1S/C13H16N2O3/c1-9(2)7-11(8-16)15-12(18-13(15)17)10-3-5-14-6-4-10/h3-6,8-9,11-12H,7H2,1-2H3/t11-,12?/m0/s1. The van der Waals surface area contributed by atoms with Gasteiger partial charge in [-0.15, -0.1) is 0 Å². The molecule has 1 aromatic rings. The highest BCUT2D eigenvalue weighted by atomic mass is 16.6. The minimum atomic E-state index is -0.463. The Morgan fingerprint density at radius 1 is 1.44 bits per heavy atom. The summed E-state index contributed by atoms with van der Waals surface area (Å²) in [7, 11) is 0. The number of carbonyl (C=O) groups is 2. The van der Waals surface area contributed by atoms with Crippen molar-refractivity contribution in [3.8, 4) is 0 Å². The van der Waals surface area contributed by atoms with E-state index >= 15 is 0 Å². The molecule has 2 heterocycles. The molecule has 2 rings (SSSR count). The first-order valence-corrected chi connectivity index (χ1v) is 5.97. The van der Waals surface area contributed by atoms with Crippen LogP contribution in [0.3, 0.4) is 0 Å². The molecule has 2 atom stereocenters. The lowest BCUT2D eigenvalue weighted by Gasteiger charge is -2.43. The highest BCUT2D eigenvalue weighted by Crippen LogP contribution is 2.34. The molecule has 0 saturated carbocycles. The topological polar surface area (TPSA) is 59.5 Å². The molecule has 1 fully saturated rings. The molecule has 5 heteroatoms. The molecule has 1 unspecified atom stereocenters. The number of amides is 1. The van der Waals surface area contributed by atoms with Gasteiger partial charge in [0.1, 0.15) is 6.29 Å². The molecular formula is C13H16N2O3. The lowest BCUT2D eigenvalue weighted by molar-refractivity contribution is -0.138. The lowest BCUT2D eigenvalue weighted by atomic mass is 10.0. The van der Waals surface area contributed by atoms with Crippen molar-refractivity contribution >= 4 is 12.4 Å². The fourth-order valence-corrected chi connectivity index (χ4v) is 2.04. The molecule has 1 amide bonds. The van der Waals surface area contributed by atoms with Crippen LogP contribution < -0.4 is 0 Å². The highest BCUT2D eigenvalue weighted by Gasteiger charge is 2.44. The van der Waals surface area contributed by atoms with Crippen molar-refractivity contribution in [3.05, 3.63) is 30.1 Å². The summed E-state index contributed by atoms with van der Waals surface area (Å²) in [4.78, 5) is 28.1. The molecule has 0 N–H and O–H groups in total. The van der Waals surface area contributed by atoms with E-state index in [0.717, 1.165) is 11.8 Å². The summed E-state index contributed by atoms with van der Waals surface area (Å²) < 4.78 is 5.10. The highest BCUT2D eigenvalue weighted by molar-refractivity contribution is 5.78. The number of nitrogens with zero attached hydrogens (tertiary/aromatic N) is 2. The van der Waals surface area contributed by atoms with E-state index in [1.165, 1.54) is 4.90 Å². The van der Waals surface area contributed by atoms with Gasteiger partial charge in [-0.2, -0.15) is 0 Å². The molecular weight excluding hydrogens is 232 g/mol. The summed E-state index contributed by atoms with van der Waals surface area (Å²) in [6.07, 6.45) is 3.83. The maximum absolute atomic E-state index is 11.5. The lowest BCUT2D eigenvalue weighted by Crippen LogP contribution is -2.54. The molecule has 0 aliphatic carbocycles. The Labute approximate surface area is 106 Å². The minimum absolute atomic E-state index is 0.340. The second-order valence-electron chi connectivity index (χ2n) is 4.76. The number of cyclic esters (lactones) is 1. The first-order valence-electron chi connectivity index (χ1n) is 5.97. The van der Waals surface area contributed by atoms with Crippen LogP contribution in [0.5, 0.6) is 0 Å². The van der Waals surface area contributed by atoms with Gasteiger partial charge in [0.15, 0.2) is 0 Å². The molecule has 0 bridgehead atoms. The molecule has 0 aromatic carbocycles. The first kappa shape index (κ1) is 12.5. The fourth-order valence-electron chi connectivity index (χ4n) is 2.04. The number of pyridine rings is 1. The smallest absolute Gasteiger partial charge is 0.415 e. The number of hydrogen-bond acceptors (Lipinski definition) is 4. The van der Waals surface area contributed by atoms with Crippen LogP contribution in [0.1, 0.15) is 32.1 Å². The van der Waals surface area contributed by atoms with Gasteiger partial charge in [-0.3, -0.25) is 9.88 Å². The van der Waals surface area contributed by atoms with E-state index in [2.05, 4.69) is 4.98 Å². The van der Waals surface area contributed by atoms with Crippen molar-refractivity contribution < 1.29 is 14.3 Å². The van der Waals surface area contributed by atoms with Gasteiger partial charge < -0.3 is 9.53 Å². The van der Waals surface area contributed by atoms with Gasteiger partial charge in [0, 0.05) is 18.0 Å². The van der Waals surface area contributed by atoms with E-state index in [4.69, 9.17) is 4.74 Å². The molecule has 1 aliphatic rings. The number of carbonyl (C=O) groups excluding carboxylic acids is 2. The van der Waals surface area contributed by atoms with Gasteiger partial charge in [-0.05, 0) is 24.5 Å². The van der Waals surface area contributed by atoms with Crippen LogP contribution in [0.25, 0.3) is 0 Å². The third-order valence-electron chi connectivity index (χ3n) is 2.89. The molecule has 1 aliphatic heterocycles. The summed E-state index contributed by atoms with van der Waals surface area (Å²) >= 11 is 0. The van der Waals surface area contributed by atoms with Gasteiger partial charge in [0.2, 0.25) is 6.23 Å². The van der Waals surface area contributed by atoms with Crippen molar-refractivity contribution in [1.82, 2.24) is 9.88 Å². The molecule has 5 nitrogen and oxygen atoms in total. The molecule has 96 valence electrons. The SMILES string of the molecule is CC(C)C[C@@H](C=O)N1C(=O)OC1c1ccncc1. The average molecular weight is 248 g/mol. The van der Waals surface area contributed by atoms with Crippen molar-refractivity contribution in [1.29, 1.82) is 0 Å². The molecule has 0 spiro atoms. The predicted molar refractivity (Wildman–Crippen MR) is 64.6 cm³/mol. The van der Waals surface area contributed by atoms with E-state index in [1.54, 1.807) is 24.5 Å². The number of ether oxygens (including phenoxy) is 1. The van der Waals surface area contributed by atoms with Crippen LogP contribution in [0, 0.1) is 5.92 Å². The van der Waals surface area contributed by atoms with Gasteiger partial charge in [-0.1, -0.05) is 13.8 Å². The second-order valence-corrected chi connectivity index (χ2v) is 4.76. The average Bonchev–Trinajstić information content (AvgIpc) is 2.35. The Kier molecular flexibility index (Phi) is 3.60. The Hall–Kier alpha value is -1.91. The van der Waals surface area contributed by atoms with Crippen molar-refractivity contribution in [2.75, 3.05) is 0 Å². The van der Waals surface area contributed by atoms with E-state index in [9.17, 15) is 9.59 Å². The maximum Gasteiger partial charge on any atom is 0.415 e. The van der Waals surface area contributed by atoms with Crippen LogP contribution in [-0.2, 0) is 9.53 Å². The molecule has 18 heavy (non-hydrogen) atoms. The normalized spacial score (nSPS) is 20.3. The van der Waals surface area contributed by atoms with Gasteiger partial charge >= 0.3 is 6.09 Å².